The van der Waals surface area contributed by atoms with Crippen LogP contribution in [-0.4, -0.2) is 44.6 Å². The number of sulfone groups is 1. The van der Waals surface area contributed by atoms with Crippen molar-refractivity contribution in [2.45, 2.75) is 44.7 Å². The Hall–Kier alpha value is -1.96. The number of carbonyl (C=O) groups excluding carboxylic acids is 1. The smallest absolute Gasteiger partial charge is 0.318 e. The minimum Gasteiger partial charge on any atom is -0.332 e. The van der Waals surface area contributed by atoms with E-state index in [0.717, 1.165) is 17.2 Å². The third-order valence-electron chi connectivity index (χ3n) is 4.63. The van der Waals surface area contributed by atoms with Crippen molar-refractivity contribution in [3.05, 3.63) is 47.4 Å². The number of hydrogen-bond donors (Lipinski definition) is 1. The van der Waals surface area contributed by atoms with Gasteiger partial charge in [0.2, 0.25) is 6.43 Å². The molecule has 1 aliphatic rings. The standard InChI is InChI=1S/C19H26F2N2O3S/c1-14(9-11-27(2,25)26)22-19(24)23-10-8-15(13-18(20)21)12-17(23)16-6-4-3-5-7-16/h3-7,9,11,14-15,17-18H,8,10,12-13H2,1-2H3,(H,22,24)/b11-9+/t14?,15-,17+/m0/s1. The molecule has 0 aromatic heterocycles. The van der Waals surface area contributed by atoms with Crippen molar-refractivity contribution >= 4 is 15.9 Å². The Labute approximate surface area is 159 Å². The lowest BCUT2D eigenvalue weighted by Crippen LogP contribution is -2.48. The van der Waals surface area contributed by atoms with Gasteiger partial charge in [-0.05, 0) is 31.2 Å². The maximum absolute atomic E-state index is 12.8. The van der Waals surface area contributed by atoms with Crippen molar-refractivity contribution in [1.29, 1.82) is 0 Å². The molecule has 1 saturated heterocycles. The van der Waals surface area contributed by atoms with E-state index in [1.807, 2.05) is 30.3 Å². The highest BCUT2D eigenvalue weighted by Gasteiger charge is 2.33. The molecular weight excluding hydrogens is 374 g/mol. The van der Waals surface area contributed by atoms with Gasteiger partial charge >= 0.3 is 6.03 Å². The molecule has 0 spiro atoms. The van der Waals surface area contributed by atoms with Crippen LogP contribution in [0.2, 0.25) is 0 Å². The van der Waals surface area contributed by atoms with E-state index in [4.69, 9.17) is 0 Å². The van der Waals surface area contributed by atoms with Gasteiger partial charge in [0, 0.05) is 30.7 Å². The summed E-state index contributed by atoms with van der Waals surface area (Å²) in [4.78, 5) is 14.4. The van der Waals surface area contributed by atoms with Gasteiger partial charge < -0.3 is 10.2 Å². The van der Waals surface area contributed by atoms with Crippen LogP contribution in [0, 0.1) is 5.92 Å². The zero-order chi connectivity index (χ0) is 20.0. The lowest BCUT2D eigenvalue weighted by atomic mass is 9.85. The summed E-state index contributed by atoms with van der Waals surface area (Å²) in [7, 11) is -3.27. The minimum atomic E-state index is -3.27. The number of alkyl halides is 2. The number of nitrogens with one attached hydrogen (secondary N) is 1. The molecule has 1 unspecified atom stereocenters. The number of urea groups is 1. The van der Waals surface area contributed by atoms with Gasteiger partial charge in [0.25, 0.3) is 0 Å². The summed E-state index contributed by atoms with van der Waals surface area (Å²) in [5.41, 5.74) is 0.908. The number of piperidine rings is 1. The molecule has 1 heterocycles. The second-order valence-corrected chi connectivity index (χ2v) is 8.96. The van der Waals surface area contributed by atoms with Crippen LogP contribution in [0.3, 0.4) is 0 Å². The summed E-state index contributed by atoms with van der Waals surface area (Å²) in [6.45, 7) is 2.06. The van der Waals surface area contributed by atoms with Gasteiger partial charge in [-0.3, -0.25) is 0 Å². The number of amides is 2. The molecule has 0 radical (unpaired) electrons. The van der Waals surface area contributed by atoms with Gasteiger partial charge in [-0.25, -0.2) is 22.0 Å². The van der Waals surface area contributed by atoms with E-state index in [2.05, 4.69) is 5.32 Å². The number of rotatable bonds is 6. The van der Waals surface area contributed by atoms with Crippen LogP contribution < -0.4 is 5.32 Å². The Bertz CT molecular complexity index is 753. The van der Waals surface area contributed by atoms with Crippen LogP contribution >= 0.6 is 0 Å². The average Bonchev–Trinajstić information content (AvgIpc) is 2.59. The maximum Gasteiger partial charge on any atom is 0.318 e. The monoisotopic (exact) mass is 400 g/mol. The van der Waals surface area contributed by atoms with E-state index in [9.17, 15) is 22.0 Å². The Balaban J connectivity index is 2.12. The molecule has 2 rings (SSSR count). The fourth-order valence-electron chi connectivity index (χ4n) is 3.33. The number of benzene rings is 1. The highest BCUT2D eigenvalue weighted by molar-refractivity contribution is 7.93. The van der Waals surface area contributed by atoms with Crippen molar-refractivity contribution in [2.24, 2.45) is 5.92 Å². The van der Waals surface area contributed by atoms with Crippen LogP contribution in [0.15, 0.2) is 41.8 Å². The molecule has 1 fully saturated rings. The largest absolute Gasteiger partial charge is 0.332 e. The zero-order valence-corrected chi connectivity index (χ0v) is 16.3. The van der Waals surface area contributed by atoms with Crippen LogP contribution in [0.5, 0.6) is 0 Å². The van der Waals surface area contributed by atoms with E-state index in [-0.39, 0.29) is 24.4 Å². The van der Waals surface area contributed by atoms with Gasteiger partial charge in [0.1, 0.15) is 0 Å². The molecule has 27 heavy (non-hydrogen) atoms. The number of carbonyl (C=O) groups is 1. The molecule has 0 aliphatic carbocycles. The third-order valence-corrected chi connectivity index (χ3v) is 5.28. The lowest BCUT2D eigenvalue weighted by Gasteiger charge is -2.40. The van der Waals surface area contributed by atoms with E-state index in [0.29, 0.717) is 19.4 Å². The van der Waals surface area contributed by atoms with Gasteiger partial charge in [-0.1, -0.05) is 36.4 Å². The summed E-state index contributed by atoms with van der Waals surface area (Å²) < 4.78 is 48.0. The summed E-state index contributed by atoms with van der Waals surface area (Å²) in [6.07, 6.45) is 0.981. The number of halogens is 2. The number of likely N-dealkylation sites (tertiary alicyclic amines) is 1. The molecule has 5 nitrogen and oxygen atoms in total. The molecule has 0 bridgehead atoms. The Morgan fingerprint density at radius 3 is 2.59 bits per heavy atom. The predicted molar refractivity (Wildman–Crippen MR) is 101 cm³/mol. The second kappa shape index (κ2) is 9.30. The fourth-order valence-corrected chi connectivity index (χ4v) is 3.85. The minimum absolute atomic E-state index is 0.137. The Morgan fingerprint density at radius 1 is 1.33 bits per heavy atom. The molecule has 1 aromatic rings. The molecule has 8 heteroatoms. The van der Waals surface area contributed by atoms with Gasteiger partial charge in [0.05, 0.1) is 6.04 Å². The molecule has 0 saturated carbocycles. The second-order valence-electron chi connectivity index (χ2n) is 7.03. The first-order valence-electron chi connectivity index (χ1n) is 8.94. The molecule has 150 valence electrons. The summed E-state index contributed by atoms with van der Waals surface area (Å²) >= 11 is 0. The fraction of sp³-hybridized carbons (Fsp3) is 0.526. The summed E-state index contributed by atoms with van der Waals surface area (Å²) in [5.74, 6) is -0.137. The van der Waals surface area contributed by atoms with Crippen molar-refractivity contribution in [3.8, 4) is 0 Å². The molecule has 2 amide bonds. The zero-order valence-electron chi connectivity index (χ0n) is 15.5. The van der Waals surface area contributed by atoms with E-state index < -0.39 is 22.3 Å². The summed E-state index contributed by atoms with van der Waals surface area (Å²) in [6, 6.07) is 8.29. The first kappa shape index (κ1) is 21.3. The van der Waals surface area contributed by atoms with E-state index in [1.165, 1.54) is 6.08 Å². The summed E-state index contributed by atoms with van der Waals surface area (Å²) in [5, 5.41) is 3.82. The first-order valence-corrected chi connectivity index (χ1v) is 10.9. The number of nitrogens with zero attached hydrogens (tertiary/aromatic N) is 1. The van der Waals surface area contributed by atoms with Crippen molar-refractivity contribution < 1.29 is 22.0 Å². The van der Waals surface area contributed by atoms with E-state index in [1.54, 1.807) is 11.8 Å². The molecule has 3 atom stereocenters. The first-order chi connectivity index (χ1) is 12.7. The highest BCUT2D eigenvalue weighted by Crippen LogP contribution is 2.36. The average molecular weight is 400 g/mol. The van der Waals surface area contributed by atoms with Crippen molar-refractivity contribution in [2.75, 3.05) is 12.8 Å². The quantitative estimate of drug-likeness (QED) is 0.791. The Kier molecular flexibility index (Phi) is 7.35. The van der Waals surface area contributed by atoms with Gasteiger partial charge in [-0.2, -0.15) is 0 Å². The van der Waals surface area contributed by atoms with Crippen molar-refractivity contribution in [3.63, 3.8) is 0 Å². The maximum atomic E-state index is 12.8. The molecule has 1 aromatic carbocycles. The molecular formula is C19H26F2N2O3S. The highest BCUT2D eigenvalue weighted by atomic mass is 32.2. The molecule has 1 aliphatic heterocycles. The Morgan fingerprint density at radius 2 is 2.00 bits per heavy atom. The lowest BCUT2D eigenvalue weighted by molar-refractivity contribution is 0.0725. The van der Waals surface area contributed by atoms with Crippen molar-refractivity contribution in [1.82, 2.24) is 10.2 Å². The predicted octanol–water partition coefficient (Wildman–Crippen LogP) is 3.75. The normalized spacial score (nSPS) is 22.2. The number of hydrogen-bond acceptors (Lipinski definition) is 3. The topological polar surface area (TPSA) is 66.5 Å². The van der Waals surface area contributed by atoms with Crippen LogP contribution in [0.25, 0.3) is 0 Å². The third kappa shape index (κ3) is 6.93. The van der Waals surface area contributed by atoms with Gasteiger partial charge in [-0.15, -0.1) is 0 Å². The van der Waals surface area contributed by atoms with Crippen LogP contribution in [0.4, 0.5) is 13.6 Å². The van der Waals surface area contributed by atoms with Gasteiger partial charge in [0.15, 0.2) is 9.84 Å². The molecule has 1 N–H and O–H groups in total. The van der Waals surface area contributed by atoms with Crippen LogP contribution in [-0.2, 0) is 9.84 Å². The SMILES string of the molecule is CC(/C=C/S(C)(=O)=O)NC(=O)N1CC[C@H](CC(F)F)C[C@@H]1c1ccccc1. The van der Waals surface area contributed by atoms with Crippen LogP contribution in [0.1, 0.15) is 37.8 Å². The van der Waals surface area contributed by atoms with E-state index >= 15 is 0 Å².